The van der Waals surface area contributed by atoms with E-state index in [2.05, 4.69) is 65.9 Å². The van der Waals surface area contributed by atoms with Gasteiger partial charge >= 0.3 is 0 Å². The zero-order valence-electron chi connectivity index (χ0n) is 11.9. The van der Waals surface area contributed by atoms with Gasteiger partial charge in [-0.15, -0.1) is 0 Å². The van der Waals surface area contributed by atoms with Crippen molar-refractivity contribution in [2.24, 2.45) is 0 Å². The van der Waals surface area contributed by atoms with Gasteiger partial charge < -0.3 is 10.3 Å². The lowest BCUT2D eigenvalue weighted by Gasteiger charge is -2.07. The minimum atomic E-state index is 0.578. The van der Waals surface area contributed by atoms with Crippen LogP contribution in [0.2, 0.25) is 0 Å². The average Bonchev–Trinajstić information content (AvgIpc) is 2.78. The summed E-state index contributed by atoms with van der Waals surface area (Å²) in [5, 5.41) is 0. The molecule has 2 N–H and O–H groups in total. The molecule has 0 saturated carbocycles. The van der Waals surface area contributed by atoms with Gasteiger partial charge in [-0.05, 0) is 36.1 Å². The number of para-hydroxylation sites is 1. The van der Waals surface area contributed by atoms with Gasteiger partial charge in [-0.3, -0.25) is 0 Å². The van der Waals surface area contributed by atoms with Gasteiger partial charge in [-0.25, -0.2) is 4.98 Å². The lowest BCUT2D eigenvalue weighted by Crippen LogP contribution is -2.04. The number of hydrogen-bond acceptors (Lipinski definition) is 2. The molecule has 3 aromatic rings. The van der Waals surface area contributed by atoms with Crippen molar-refractivity contribution >= 4 is 17.0 Å². The SMILES string of the molecule is CCc1ccc(Cn2c(N)nc3c(C)cccc32)cc1. The van der Waals surface area contributed by atoms with Gasteiger partial charge in [0, 0.05) is 0 Å². The highest BCUT2D eigenvalue weighted by molar-refractivity contribution is 5.81. The minimum absolute atomic E-state index is 0.578. The van der Waals surface area contributed by atoms with E-state index in [0.717, 1.165) is 29.6 Å². The number of imidazole rings is 1. The second-order valence-electron chi connectivity index (χ2n) is 5.17. The van der Waals surface area contributed by atoms with E-state index in [9.17, 15) is 0 Å². The maximum absolute atomic E-state index is 6.08. The third kappa shape index (κ3) is 2.16. The standard InChI is InChI=1S/C17H19N3/c1-3-13-7-9-14(10-8-13)11-20-15-6-4-5-12(2)16(15)19-17(20)18/h4-10H,3,11H2,1-2H3,(H2,18,19). The molecule has 0 bridgehead atoms. The molecule has 20 heavy (non-hydrogen) atoms. The lowest BCUT2D eigenvalue weighted by atomic mass is 10.1. The Hall–Kier alpha value is -2.29. The molecule has 0 aliphatic heterocycles. The maximum Gasteiger partial charge on any atom is 0.201 e. The van der Waals surface area contributed by atoms with E-state index in [-0.39, 0.29) is 0 Å². The summed E-state index contributed by atoms with van der Waals surface area (Å²) >= 11 is 0. The molecule has 0 unspecified atom stereocenters. The van der Waals surface area contributed by atoms with E-state index in [1.165, 1.54) is 11.1 Å². The molecule has 3 rings (SSSR count). The average molecular weight is 265 g/mol. The number of fused-ring (bicyclic) bond motifs is 1. The number of benzene rings is 2. The summed E-state index contributed by atoms with van der Waals surface area (Å²) in [6, 6.07) is 14.9. The predicted octanol–water partition coefficient (Wildman–Crippen LogP) is 3.54. The molecule has 0 radical (unpaired) electrons. The van der Waals surface area contributed by atoms with Crippen molar-refractivity contribution in [3.05, 3.63) is 59.2 Å². The van der Waals surface area contributed by atoms with Gasteiger partial charge in [-0.1, -0.05) is 43.3 Å². The number of nitrogens with two attached hydrogens (primary N) is 1. The number of hydrogen-bond donors (Lipinski definition) is 1. The van der Waals surface area contributed by atoms with Crippen molar-refractivity contribution in [3.8, 4) is 0 Å². The van der Waals surface area contributed by atoms with Gasteiger partial charge in [0.05, 0.1) is 17.6 Å². The fourth-order valence-corrected chi connectivity index (χ4v) is 2.53. The third-order valence-corrected chi connectivity index (χ3v) is 3.78. The number of anilines is 1. The molecule has 2 aromatic carbocycles. The number of nitrogens with zero attached hydrogens (tertiary/aromatic N) is 2. The highest BCUT2D eigenvalue weighted by Gasteiger charge is 2.09. The number of aryl methyl sites for hydroxylation is 2. The molecule has 0 atom stereocenters. The van der Waals surface area contributed by atoms with Crippen LogP contribution in [0.1, 0.15) is 23.6 Å². The first-order valence-electron chi connectivity index (χ1n) is 6.98. The van der Waals surface area contributed by atoms with Crippen molar-refractivity contribution in [2.45, 2.75) is 26.8 Å². The molecule has 3 nitrogen and oxygen atoms in total. The van der Waals surface area contributed by atoms with Gasteiger partial charge in [0.25, 0.3) is 0 Å². The topological polar surface area (TPSA) is 43.8 Å². The molecule has 3 heteroatoms. The fraction of sp³-hybridized carbons (Fsp3) is 0.235. The number of aromatic nitrogens is 2. The maximum atomic E-state index is 6.08. The van der Waals surface area contributed by atoms with Gasteiger partial charge in [0.15, 0.2) is 0 Å². The smallest absolute Gasteiger partial charge is 0.201 e. The third-order valence-electron chi connectivity index (χ3n) is 3.78. The van der Waals surface area contributed by atoms with Crippen molar-refractivity contribution in [1.82, 2.24) is 9.55 Å². The van der Waals surface area contributed by atoms with E-state index in [1.54, 1.807) is 0 Å². The quantitative estimate of drug-likeness (QED) is 0.787. The van der Waals surface area contributed by atoms with E-state index in [0.29, 0.717) is 5.95 Å². The monoisotopic (exact) mass is 265 g/mol. The van der Waals surface area contributed by atoms with Crippen LogP contribution in [-0.2, 0) is 13.0 Å². The van der Waals surface area contributed by atoms with Crippen LogP contribution in [0.4, 0.5) is 5.95 Å². The summed E-state index contributed by atoms with van der Waals surface area (Å²) in [6.45, 7) is 4.99. The summed E-state index contributed by atoms with van der Waals surface area (Å²) in [5.41, 5.74) is 11.9. The molecule has 0 aliphatic carbocycles. The van der Waals surface area contributed by atoms with Crippen molar-refractivity contribution < 1.29 is 0 Å². The Labute approximate surface area is 119 Å². The summed E-state index contributed by atoms with van der Waals surface area (Å²) in [6.07, 6.45) is 1.07. The predicted molar refractivity (Wildman–Crippen MR) is 83.8 cm³/mol. The van der Waals surface area contributed by atoms with Gasteiger partial charge in [0.1, 0.15) is 0 Å². The highest BCUT2D eigenvalue weighted by Crippen LogP contribution is 2.22. The molecular weight excluding hydrogens is 246 g/mol. The Balaban J connectivity index is 2.01. The zero-order chi connectivity index (χ0) is 14.1. The number of rotatable bonds is 3. The largest absolute Gasteiger partial charge is 0.369 e. The Bertz CT molecular complexity index is 739. The van der Waals surface area contributed by atoms with E-state index in [4.69, 9.17) is 5.73 Å². The highest BCUT2D eigenvalue weighted by atomic mass is 15.1. The van der Waals surface area contributed by atoms with Crippen LogP contribution in [0, 0.1) is 6.92 Å². The summed E-state index contributed by atoms with van der Waals surface area (Å²) in [4.78, 5) is 4.48. The second-order valence-corrected chi connectivity index (χ2v) is 5.17. The van der Waals surface area contributed by atoms with E-state index < -0.39 is 0 Å². The Kier molecular flexibility index (Phi) is 3.18. The summed E-state index contributed by atoms with van der Waals surface area (Å²) < 4.78 is 2.07. The molecule has 0 aliphatic rings. The van der Waals surface area contributed by atoms with Crippen molar-refractivity contribution in [2.75, 3.05) is 5.73 Å². The molecule has 1 heterocycles. The van der Waals surface area contributed by atoms with Crippen LogP contribution in [-0.4, -0.2) is 9.55 Å². The second kappa shape index (κ2) is 5.00. The van der Waals surface area contributed by atoms with E-state index >= 15 is 0 Å². The van der Waals surface area contributed by atoms with Crippen LogP contribution < -0.4 is 5.73 Å². The van der Waals surface area contributed by atoms with Gasteiger partial charge in [-0.2, -0.15) is 0 Å². The Morgan fingerprint density at radius 1 is 1.05 bits per heavy atom. The van der Waals surface area contributed by atoms with Crippen LogP contribution in [0.3, 0.4) is 0 Å². The number of nitrogen functional groups attached to an aromatic ring is 1. The first-order chi connectivity index (χ1) is 9.69. The van der Waals surface area contributed by atoms with Gasteiger partial charge in [0.2, 0.25) is 5.95 Å². The molecular formula is C17H19N3. The minimum Gasteiger partial charge on any atom is -0.369 e. The van der Waals surface area contributed by atoms with Crippen LogP contribution in [0.25, 0.3) is 11.0 Å². The summed E-state index contributed by atoms with van der Waals surface area (Å²) in [7, 11) is 0. The van der Waals surface area contributed by atoms with Crippen LogP contribution in [0.15, 0.2) is 42.5 Å². The molecule has 0 amide bonds. The zero-order valence-corrected chi connectivity index (χ0v) is 11.9. The van der Waals surface area contributed by atoms with E-state index in [1.807, 2.05) is 0 Å². The molecule has 0 fully saturated rings. The molecule has 0 saturated heterocycles. The Morgan fingerprint density at radius 2 is 1.75 bits per heavy atom. The first-order valence-corrected chi connectivity index (χ1v) is 6.98. The normalized spacial score (nSPS) is 11.1. The Morgan fingerprint density at radius 3 is 2.45 bits per heavy atom. The van der Waals surface area contributed by atoms with Crippen molar-refractivity contribution in [1.29, 1.82) is 0 Å². The summed E-state index contributed by atoms with van der Waals surface area (Å²) in [5.74, 6) is 0.578. The molecule has 102 valence electrons. The molecule has 1 aromatic heterocycles. The fourth-order valence-electron chi connectivity index (χ4n) is 2.53. The van der Waals surface area contributed by atoms with Crippen LogP contribution >= 0.6 is 0 Å². The lowest BCUT2D eigenvalue weighted by molar-refractivity contribution is 0.837. The van der Waals surface area contributed by atoms with Crippen LogP contribution in [0.5, 0.6) is 0 Å². The van der Waals surface area contributed by atoms with Crippen molar-refractivity contribution in [3.63, 3.8) is 0 Å². The first kappa shape index (κ1) is 12.7. The molecule has 0 spiro atoms.